The van der Waals surface area contributed by atoms with Crippen LogP contribution in [0.2, 0.25) is 0 Å². The van der Waals surface area contributed by atoms with Gasteiger partial charge in [-0.3, -0.25) is 8.75 Å². The molecular formula is C19H22N6O5S. The summed E-state index contributed by atoms with van der Waals surface area (Å²) in [4.78, 5) is 13.2. The highest BCUT2D eigenvalue weighted by Gasteiger charge is 2.37. The van der Waals surface area contributed by atoms with Crippen molar-refractivity contribution in [3.63, 3.8) is 0 Å². The first-order valence-electron chi connectivity index (χ1n) is 9.91. The molecule has 1 fully saturated rings. The normalized spacial score (nSPS) is 25.7. The number of aliphatic hydroxyl groups excluding tert-OH is 1. The van der Waals surface area contributed by atoms with E-state index in [0.29, 0.717) is 17.0 Å². The molecular weight excluding hydrogens is 424 g/mol. The Balaban J connectivity index is 1.37. The highest BCUT2D eigenvalue weighted by molar-refractivity contribution is 7.84. The van der Waals surface area contributed by atoms with Crippen molar-refractivity contribution >= 4 is 27.3 Å². The molecule has 2 aliphatic rings. The van der Waals surface area contributed by atoms with Gasteiger partial charge in [-0.1, -0.05) is 24.3 Å². The van der Waals surface area contributed by atoms with Gasteiger partial charge in [-0.05, 0) is 24.0 Å². The second kappa shape index (κ2) is 7.80. The molecule has 1 aromatic carbocycles. The minimum atomic E-state index is -4.12. The van der Waals surface area contributed by atoms with Crippen LogP contribution in [0.5, 0.6) is 0 Å². The Morgan fingerprint density at radius 2 is 2.13 bits per heavy atom. The number of aliphatic hydroxyl groups is 1. The fourth-order valence-electron chi connectivity index (χ4n) is 4.24. The van der Waals surface area contributed by atoms with Gasteiger partial charge in [0.25, 0.3) is 0 Å². The van der Waals surface area contributed by atoms with E-state index in [9.17, 15) is 13.5 Å². The number of benzene rings is 1. The Morgan fingerprint density at radius 1 is 1.29 bits per heavy atom. The number of anilines is 1. The molecule has 0 bridgehead atoms. The van der Waals surface area contributed by atoms with E-state index in [-0.39, 0.29) is 19.1 Å². The largest absolute Gasteiger partial charge is 0.390 e. The number of nitrogens with zero attached hydrogens (tertiary/aromatic N) is 4. The summed E-state index contributed by atoms with van der Waals surface area (Å²) in [5, 5.41) is 18.6. The van der Waals surface area contributed by atoms with Crippen LogP contribution in [-0.2, 0) is 25.6 Å². The average molecular weight is 446 g/mol. The molecule has 2 aromatic heterocycles. The van der Waals surface area contributed by atoms with Crippen molar-refractivity contribution in [1.82, 2.24) is 19.5 Å². The third kappa shape index (κ3) is 4.00. The minimum Gasteiger partial charge on any atom is -0.390 e. The number of hydrogen-bond acceptors (Lipinski definition) is 9. The van der Waals surface area contributed by atoms with Gasteiger partial charge in [0.05, 0.1) is 25.1 Å². The Hall–Kier alpha value is -2.64. The molecule has 0 spiro atoms. The maximum absolute atomic E-state index is 11.0. The number of nitrogens with one attached hydrogen (secondary N) is 1. The third-order valence-electron chi connectivity index (χ3n) is 5.71. The molecule has 164 valence electrons. The van der Waals surface area contributed by atoms with Gasteiger partial charge in [0.2, 0.25) is 0 Å². The van der Waals surface area contributed by atoms with E-state index in [4.69, 9.17) is 9.88 Å². The van der Waals surface area contributed by atoms with Gasteiger partial charge < -0.3 is 15.2 Å². The number of imidazole rings is 1. The second-order valence-electron chi connectivity index (χ2n) is 7.69. The summed E-state index contributed by atoms with van der Waals surface area (Å²) in [5.41, 5.74) is 3.73. The van der Waals surface area contributed by atoms with E-state index in [1.54, 1.807) is 10.9 Å². The Labute approximate surface area is 178 Å². The van der Waals surface area contributed by atoms with Crippen LogP contribution in [-0.4, -0.2) is 51.9 Å². The van der Waals surface area contributed by atoms with Crippen molar-refractivity contribution in [1.29, 1.82) is 0 Å². The summed E-state index contributed by atoms with van der Waals surface area (Å²) in [5.74, 6) is 0.623. The van der Waals surface area contributed by atoms with Crippen molar-refractivity contribution in [3.8, 4) is 0 Å². The van der Waals surface area contributed by atoms with Crippen LogP contribution in [0.25, 0.3) is 11.2 Å². The van der Waals surface area contributed by atoms with Gasteiger partial charge in [-0.2, -0.15) is 8.42 Å². The zero-order chi connectivity index (χ0) is 21.6. The average Bonchev–Trinajstić information content (AvgIpc) is 3.43. The van der Waals surface area contributed by atoms with Gasteiger partial charge in [0, 0.05) is 6.42 Å². The van der Waals surface area contributed by atoms with Crippen molar-refractivity contribution < 1.29 is 22.4 Å². The van der Waals surface area contributed by atoms with Crippen LogP contribution in [0.15, 0.2) is 36.9 Å². The molecule has 1 aliphatic carbocycles. The van der Waals surface area contributed by atoms with Crippen LogP contribution in [0.4, 0.5) is 5.82 Å². The number of nitrogens with two attached hydrogens (primary N) is 1. The number of fused-ring (bicyclic) bond motifs is 2. The molecule has 11 nitrogen and oxygen atoms in total. The lowest BCUT2D eigenvalue weighted by molar-refractivity contribution is -0.0371. The second-order valence-corrected chi connectivity index (χ2v) is 8.91. The van der Waals surface area contributed by atoms with Crippen molar-refractivity contribution in [2.45, 2.75) is 43.7 Å². The van der Waals surface area contributed by atoms with E-state index in [1.165, 1.54) is 17.5 Å². The highest BCUT2D eigenvalue weighted by atomic mass is 32.2. The maximum atomic E-state index is 11.0. The molecule has 0 radical (unpaired) electrons. The predicted molar refractivity (Wildman–Crippen MR) is 110 cm³/mol. The molecule has 5 rings (SSSR count). The van der Waals surface area contributed by atoms with E-state index in [2.05, 4.69) is 36.6 Å². The molecule has 3 aromatic rings. The first-order valence-corrected chi connectivity index (χ1v) is 11.4. The van der Waals surface area contributed by atoms with Crippen LogP contribution in [0.3, 0.4) is 0 Å². The number of hydrogen-bond donors (Lipinski definition) is 3. The lowest BCUT2D eigenvalue weighted by atomic mass is 10.1. The first-order chi connectivity index (χ1) is 14.9. The zero-order valence-corrected chi connectivity index (χ0v) is 17.3. The quantitative estimate of drug-likeness (QED) is 0.498. The molecule has 4 N–H and O–H groups in total. The van der Waals surface area contributed by atoms with Gasteiger partial charge in [-0.25, -0.2) is 20.1 Å². The lowest BCUT2D eigenvalue weighted by Crippen LogP contribution is -2.30. The van der Waals surface area contributed by atoms with E-state index < -0.39 is 28.7 Å². The van der Waals surface area contributed by atoms with Crippen LogP contribution in [0.1, 0.15) is 36.2 Å². The Morgan fingerprint density at radius 3 is 2.97 bits per heavy atom. The molecule has 1 aliphatic heterocycles. The topological polar surface area (TPSA) is 154 Å². The lowest BCUT2D eigenvalue weighted by Gasteiger charge is -2.16. The monoisotopic (exact) mass is 446 g/mol. The smallest absolute Gasteiger partial charge is 0.333 e. The summed E-state index contributed by atoms with van der Waals surface area (Å²) >= 11 is 0. The maximum Gasteiger partial charge on any atom is 0.333 e. The number of rotatable bonds is 6. The van der Waals surface area contributed by atoms with Crippen LogP contribution in [0, 0.1) is 0 Å². The summed E-state index contributed by atoms with van der Waals surface area (Å²) in [6.07, 6.45) is 2.90. The summed E-state index contributed by atoms with van der Waals surface area (Å²) < 4.78 is 34.1. The van der Waals surface area contributed by atoms with Gasteiger partial charge in [0.15, 0.2) is 17.0 Å². The highest BCUT2D eigenvalue weighted by Crippen LogP contribution is 2.36. The molecule has 31 heavy (non-hydrogen) atoms. The molecule has 0 amide bonds. The number of aryl methyl sites for hydroxylation is 1. The Kier molecular flexibility index (Phi) is 5.10. The molecule has 4 atom stereocenters. The van der Waals surface area contributed by atoms with Crippen LogP contribution >= 0.6 is 0 Å². The molecule has 0 saturated carbocycles. The molecule has 1 saturated heterocycles. The fourth-order valence-corrected chi connectivity index (χ4v) is 4.56. The Bertz CT molecular complexity index is 1220. The van der Waals surface area contributed by atoms with E-state index in [0.717, 1.165) is 12.8 Å². The SMILES string of the molecule is NS(=O)(=O)OC[C@H]1O[C@@H](n2cnc3c(N[C@H]4CCc5ccccc54)ncnc32)C[C@@H]1O. The van der Waals surface area contributed by atoms with E-state index in [1.807, 2.05) is 12.1 Å². The molecule has 3 heterocycles. The van der Waals surface area contributed by atoms with Crippen LogP contribution < -0.4 is 10.5 Å². The van der Waals surface area contributed by atoms with Gasteiger partial charge in [-0.15, -0.1) is 0 Å². The fraction of sp³-hybridized carbons (Fsp3) is 0.421. The number of ether oxygens (including phenoxy) is 1. The predicted octanol–water partition coefficient (Wildman–Crippen LogP) is 0.794. The third-order valence-corrected chi connectivity index (χ3v) is 6.18. The molecule has 12 heteroatoms. The minimum absolute atomic E-state index is 0.142. The van der Waals surface area contributed by atoms with Gasteiger partial charge in [0.1, 0.15) is 18.7 Å². The number of aromatic nitrogens is 4. The standard InChI is InChI=1S/C19H22N6O5S/c20-31(27,28)29-8-15-14(26)7-16(30-15)25-10-23-17-18(21-9-22-19(17)25)24-13-6-5-11-3-1-2-4-12(11)13/h1-4,9-10,13-16,26H,5-8H2,(H2,20,27,28)(H,21,22,24)/t13-,14-,15+,16+/m0/s1. The van der Waals surface area contributed by atoms with Crippen molar-refractivity contribution in [2.75, 3.05) is 11.9 Å². The first kappa shape index (κ1) is 20.3. The zero-order valence-electron chi connectivity index (χ0n) is 16.5. The van der Waals surface area contributed by atoms with Crippen molar-refractivity contribution in [3.05, 3.63) is 48.0 Å². The van der Waals surface area contributed by atoms with Gasteiger partial charge >= 0.3 is 10.3 Å². The summed E-state index contributed by atoms with van der Waals surface area (Å²) in [6.45, 7) is -0.369. The van der Waals surface area contributed by atoms with E-state index >= 15 is 0 Å². The molecule has 0 unspecified atom stereocenters. The summed E-state index contributed by atoms with van der Waals surface area (Å²) in [6, 6.07) is 8.48. The summed E-state index contributed by atoms with van der Waals surface area (Å²) in [7, 11) is -4.12. The van der Waals surface area contributed by atoms with Crippen molar-refractivity contribution in [2.24, 2.45) is 5.14 Å².